The molecule has 2 N–H and O–H groups in total. The summed E-state index contributed by atoms with van der Waals surface area (Å²) in [5.41, 5.74) is 4.32. The zero-order valence-corrected chi connectivity index (χ0v) is 14.2. The van der Waals surface area contributed by atoms with Crippen molar-refractivity contribution in [3.8, 4) is 0 Å². The van der Waals surface area contributed by atoms with Gasteiger partial charge in [-0.25, -0.2) is 0 Å². The van der Waals surface area contributed by atoms with E-state index in [0.717, 1.165) is 54.5 Å². The van der Waals surface area contributed by atoms with Crippen molar-refractivity contribution in [2.45, 2.75) is 51.1 Å². The Kier molecular flexibility index (Phi) is 2.90. The molecule has 0 unspecified atom stereocenters. The molecule has 3 aliphatic rings. The van der Waals surface area contributed by atoms with Crippen molar-refractivity contribution >= 4 is 17.3 Å². The van der Waals surface area contributed by atoms with Gasteiger partial charge in [-0.2, -0.15) is 0 Å². The number of hydrogen-bond acceptors (Lipinski definition) is 4. The van der Waals surface area contributed by atoms with Crippen molar-refractivity contribution in [2.75, 3.05) is 5.32 Å². The Balaban J connectivity index is 1.76. The largest absolute Gasteiger partial charge is 0.350 e. The van der Waals surface area contributed by atoms with Crippen molar-refractivity contribution in [3.63, 3.8) is 0 Å². The zero-order chi connectivity index (χ0) is 17.2. The summed E-state index contributed by atoms with van der Waals surface area (Å²) in [6, 6.07) is 1.89. The first-order chi connectivity index (χ1) is 12.1. The van der Waals surface area contributed by atoms with Crippen molar-refractivity contribution in [2.24, 2.45) is 0 Å². The fourth-order valence-corrected chi connectivity index (χ4v) is 4.70. The van der Waals surface area contributed by atoms with Crippen LogP contribution >= 0.6 is 0 Å². The molecule has 1 aliphatic carbocycles. The smallest absolute Gasteiger partial charge is 0.277 e. The monoisotopic (exact) mass is 336 g/mol. The highest BCUT2D eigenvalue weighted by atomic mass is 16.2. The Morgan fingerprint density at radius 1 is 1.20 bits per heavy atom. The van der Waals surface area contributed by atoms with E-state index in [0.29, 0.717) is 17.8 Å². The molecule has 1 spiro atoms. The van der Waals surface area contributed by atoms with Gasteiger partial charge in [0.2, 0.25) is 0 Å². The lowest BCUT2D eigenvalue weighted by atomic mass is 9.88. The van der Waals surface area contributed by atoms with Crippen LogP contribution in [0.2, 0.25) is 0 Å². The van der Waals surface area contributed by atoms with E-state index in [1.54, 1.807) is 10.8 Å². The van der Waals surface area contributed by atoms with Gasteiger partial charge in [-0.3, -0.25) is 19.1 Å². The fourth-order valence-electron chi connectivity index (χ4n) is 4.70. The van der Waals surface area contributed by atoms with E-state index in [2.05, 4.69) is 15.6 Å². The third-order valence-electron chi connectivity index (χ3n) is 5.95. The highest BCUT2D eigenvalue weighted by Crippen LogP contribution is 2.40. The second-order valence-electron chi connectivity index (χ2n) is 7.35. The molecule has 4 heterocycles. The van der Waals surface area contributed by atoms with Gasteiger partial charge in [0.15, 0.2) is 0 Å². The molecule has 2 aromatic rings. The van der Waals surface area contributed by atoms with E-state index in [4.69, 9.17) is 0 Å². The number of pyridine rings is 2. The summed E-state index contributed by atoms with van der Waals surface area (Å²) in [6.45, 7) is 1.95. The Bertz CT molecular complexity index is 970. The second-order valence-corrected chi connectivity index (χ2v) is 7.35. The predicted octanol–water partition coefficient (Wildman–Crippen LogP) is 2.56. The SMILES string of the molecule is Cc1c2c(c(=O)n3c1C(=O)NC31CCCCC1)Nc1ccncc1C2. The Morgan fingerprint density at radius 3 is 2.80 bits per heavy atom. The molecule has 6 heteroatoms. The standard InChI is InChI=1S/C19H20N4O2/c1-11-13-9-12-10-20-8-5-14(12)21-15(13)18(25)23-16(11)17(24)22-19(23)6-3-2-4-7-19/h5,8,10,21H,2-4,6-7,9H2,1H3,(H,22,24). The lowest BCUT2D eigenvalue weighted by Gasteiger charge is -2.36. The van der Waals surface area contributed by atoms with Gasteiger partial charge >= 0.3 is 0 Å². The number of carbonyl (C=O) groups excluding carboxylic acids is 1. The third kappa shape index (κ3) is 1.88. The average Bonchev–Trinajstić information content (AvgIpc) is 2.91. The van der Waals surface area contributed by atoms with Crippen LogP contribution in [-0.2, 0) is 12.1 Å². The topological polar surface area (TPSA) is 76.0 Å². The van der Waals surface area contributed by atoms with Crippen molar-refractivity contribution in [3.05, 3.63) is 51.2 Å². The van der Waals surface area contributed by atoms with Crippen LogP contribution < -0.4 is 16.2 Å². The maximum absolute atomic E-state index is 13.4. The van der Waals surface area contributed by atoms with Crippen LogP contribution in [0.1, 0.15) is 59.3 Å². The molecule has 2 aliphatic heterocycles. The van der Waals surface area contributed by atoms with Crippen molar-refractivity contribution in [1.29, 1.82) is 0 Å². The molecule has 1 fully saturated rings. The van der Waals surface area contributed by atoms with Crippen LogP contribution in [0.15, 0.2) is 23.3 Å². The van der Waals surface area contributed by atoms with Crippen LogP contribution in [-0.4, -0.2) is 15.5 Å². The highest BCUT2D eigenvalue weighted by molar-refractivity contribution is 5.98. The Labute approximate surface area is 145 Å². The van der Waals surface area contributed by atoms with Gasteiger partial charge in [0.05, 0.1) is 0 Å². The first kappa shape index (κ1) is 14.7. The van der Waals surface area contributed by atoms with Gasteiger partial charge in [-0.1, -0.05) is 6.42 Å². The maximum Gasteiger partial charge on any atom is 0.277 e. The number of fused-ring (bicyclic) bond motifs is 4. The number of hydrogen-bond donors (Lipinski definition) is 2. The molecule has 0 saturated heterocycles. The summed E-state index contributed by atoms with van der Waals surface area (Å²) in [7, 11) is 0. The van der Waals surface area contributed by atoms with Gasteiger partial charge in [0.1, 0.15) is 17.0 Å². The molecule has 128 valence electrons. The fraction of sp³-hybridized carbons (Fsp3) is 0.421. The van der Waals surface area contributed by atoms with Crippen molar-refractivity contribution < 1.29 is 4.79 Å². The minimum atomic E-state index is -0.540. The number of anilines is 2. The molecule has 25 heavy (non-hydrogen) atoms. The summed E-state index contributed by atoms with van der Waals surface area (Å²) in [4.78, 5) is 30.3. The lowest BCUT2D eigenvalue weighted by molar-refractivity contribution is 0.0876. The molecule has 5 rings (SSSR count). The molecule has 6 nitrogen and oxygen atoms in total. The van der Waals surface area contributed by atoms with Crippen LogP contribution in [0.4, 0.5) is 11.4 Å². The molecule has 0 atom stereocenters. The molecule has 1 amide bonds. The average molecular weight is 336 g/mol. The molecular weight excluding hydrogens is 316 g/mol. The molecule has 1 saturated carbocycles. The van der Waals surface area contributed by atoms with Gasteiger partial charge in [-0.05, 0) is 55.4 Å². The van der Waals surface area contributed by atoms with E-state index in [9.17, 15) is 9.59 Å². The van der Waals surface area contributed by atoms with E-state index in [1.807, 2.05) is 19.2 Å². The van der Waals surface area contributed by atoms with Crippen LogP contribution in [0.25, 0.3) is 0 Å². The number of nitrogens with zero attached hydrogens (tertiary/aromatic N) is 2. The minimum absolute atomic E-state index is 0.0849. The summed E-state index contributed by atoms with van der Waals surface area (Å²) < 4.78 is 1.75. The molecule has 0 aromatic carbocycles. The normalized spacial score (nSPS) is 19.6. The van der Waals surface area contributed by atoms with Gasteiger partial charge in [-0.15, -0.1) is 0 Å². The Morgan fingerprint density at radius 2 is 2.00 bits per heavy atom. The zero-order valence-electron chi connectivity index (χ0n) is 14.2. The van der Waals surface area contributed by atoms with Gasteiger partial charge in [0.25, 0.3) is 11.5 Å². The first-order valence-corrected chi connectivity index (χ1v) is 8.92. The summed E-state index contributed by atoms with van der Waals surface area (Å²) in [5, 5.41) is 6.45. The number of carbonyl (C=O) groups is 1. The van der Waals surface area contributed by atoms with E-state index in [1.165, 1.54) is 0 Å². The Hall–Kier alpha value is -2.63. The minimum Gasteiger partial charge on any atom is -0.350 e. The summed E-state index contributed by atoms with van der Waals surface area (Å²) in [6.07, 6.45) is 9.04. The third-order valence-corrected chi connectivity index (χ3v) is 5.95. The summed E-state index contributed by atoms with van der Waals surface area (Å²) in [5.74, 6) is -0.115. The van der Waals surface area contributed by atoms with Crippen LogP contribution in [0.3, 0.4) is 0 Å². The number of nitrogens with one attached hydrogen (secondary N) is 2. The summed E-state index contributed by atoms with van der Waals surface area (Å²) >= 11 is 0. The first-order valence-electron chi connectivity index (χ1n) is 8.92. The number of amides is 1. The number of aromatic nitrogens is 2. The number of rotatable bonds is 0. The van der Waals surface area contributed by atoms with Gasteiger partial charge in [0, 0.05) is 24.5 Å². The van der Waals surface area contributed by atoms with E-state index in [-0.39, 0.29) is 11.5 Å². The molecule has 2 aromatic heterocycles. The van der Waals surface area contributed by atoms with E-state index >= 15 is 0 Å². The van der Waals surface area contributed by atoms with E-state index < -0.39 is 5.66 Å². The second kappa shape index (κ2) is 4.94. The van der Waals surface area contributed by atoms with Crippen molar-refractivity contribution in [1.82, 2.24) is 14.9 Å². The molecule has 0 radical (unpaired) electrons. The lowest BCUT2D eigenvalue weighted by Crippen LogP contribution is -2.49. The van der Waals surface area contributed by atoms with Crippen LogP contribution in [0.5, 0.6) is 0 Å². The quantitative estimate of drug-likeness (QED) is 0.661. The highest BCUT2D eigenvalue weighted by Gasteiger charge is 2.46. The predicted molar refractivity (Wildman–Crippen MR) is 94.3 cm³/mol. The maximum atomic E-state index is 13.4. The molecular formula is C19H20N4O2. The molecule has 0 bridgehead atoms. The van der Waals surface area contributed by atoms with Crippen LogP contribution in [0, 0.1) is 6.92 Å². The van der Waals surface area contributed by atoms with Gasteiger partial charge < -0.3 is 10.6 Å².